The Hall–Kier alpha value is -0.0800. The number of likely N-dealkylation sites (tertiary alicyclic amines) is 1. The average molecular weight is 210 g/mol. The largest absolute Gasteiger partial charge is 0.327 e. The Morgan fingerprint density at radius 3 is 2.53 bits per heavy atom. The summed E-state index contributed by atoms with van der Waals surface area (Å²) in [7, 11) is 0. The second kappa shape index (κ2) is 5.31. The van der Waals surface area contributed by atoms with E-state index < -0.39 is 0 Å². The maximum Gasteiger partial charge on any atom is 0.0168 e. The predicted molar refractivity (Wildman–Crippen MR) is 64.8 cm³/mol. The lowest BCUT2D eigenvalue weighted by molar-refractivity contribution is 0.112. The molecule has 1 saturated carbocycles. The third kappa shape index (κ3) is 3.18. The summed E-state index contributed by atoms with van der Waals surface area (Å²) in [6.07, 6.45) is 9.82. The van der Waals surface area contributed by atoms with Crippen molar-refractivity contribution in [2.24, 2.45) is 11.7 Å². The van der Waals surface area contributed by atoms with Gasteiger partial charge in [-0.05, 0) is 38.5 Å². The van der Waals surface area contributed by atoms with E-state index in [-0.39, 0.29) is 0 Å². The predicted octanol–water partition coefficient (Wildman–Crippen LogP) is 2.38. The average Bonchev–Trinajstić information content (AvgIpc) is 2.25. The van der Waals surface area contributed by atoms with Gasteiger partial charge in [0.05, 0.1) is 0 Å². The molecule has 0 radical (unpaired) electrons. The number of nitrogens with two attached hydrogens (primary N) is 1. The first-order chi connectivity index (χ1) is 7.25. The zero-order valence-corrected chi connectivity index (χ0v) is 10.1. The van der Waals surface area contributed by atoms with Gasteiger partial charge in [-0.3, -0.25) is 4.90 Å². The van der Waals surface area contributed by atoms with Crippen molar-refractivity contribution in [3.8, 4) is 0 Å². The fourth-order valence-electron chi connectivity index (χ4n) is 3.17. The second-order valence-corrected chi connectivity index (χ2v) is 5.64. The highest BCUT2D eigenvalue weighted by atomic mass is 15.2. The Morgan fingerprint density at radius 1 is 1.07 bits per heavy atom. The normalized spacial score (nSPS) is 35.6. The van der Waals surface area contributed by atoms with Crippen LogP contribution in [-0.2, 0) is 0 Å². The van der Waals surface area contributed by atoms with E-state index in [9.17, 15) is 0 Å². The molecule has 0 spiro atoms. The van der Waals surface area contributed by atoms with E-state index in [1.807, 2.05) is 0 Å². The van der Waals surface area contributed by atoms with Gasteiger partial charge in [-0.1, -0.05) is 19.3 Å². The Balaban J connectivity index is 1.80. The van der Waals surface area contributed by atoms with Crippen LogP contribution in [0.5, 0.6) is 0 Å². The molecule has 0 aromatic rings. The van der Waals surface area contributed by atoms with Gasteiger partial charge in [0, 0.05) is 25.2 Å². The fraction of sp³-hybridized carbons (Fsp3) is 1.00. The van der Waals surface area contributed by atoms with Crippen molar-refractivity contribution in [3.05, 3.63) is 0 Å². The second-order valence-electron chi connectivity index (χ2n) is 5.64. The molecule has 2 unspecified atom stereocenters. The molecule has 1 heterocycles. The molecule has 2 aliphatic rings. The van der Waals surface area contributed by atoms with Gasteiger partial charge in [-0.15, -0.1) is 0 Å². The number of hydrogen-bond donors (Lipinski definition) is 1. The highest BCUT2D eigenvalue weighted by Crippen LogP contribution is 2.26. The van der Waals surface area contributed by atoms with E-state index in [2.05, 4.69) is 11.8 Å². The summed E-state index contributed by atoms with van der Waals surface area (Å²) in [6.45, 7) is 4.82. The third-order valence-corrected chi connectivity index (χ3v) is 4.27. The standard InChI is InChI=1S/C13H26N2/c1-11-7-8-13(14)10-15(11)9-12-5-3-2-4-6-12/h11-13H,2-10,14H2,1H3. The molecule has 2 rings (SSSR count). The van der Waals surface area contributed by atoms with Crippen molar-refractivity contribution < 1.29 is 0 Å². The molecule has 0 aromatic heterocycles. The smallest absolute Gasteiger partial charge is 0.0168 e. The molecule has 15 heavy (non-hydrogen) atoms. The molecule has 2 nitrogen and oxygen atoms in total. The molecule has 1 aliphatic heterocycles. The minimum absolute atomic E-state index is 0.435. The van der Waals surface area contributed by atoms with Gasteiger partial charge in [0.15, 0.2) is 0 Å². The molecule has 2 N–H and O–H groups in total. The van der Waals surface area contributed by atoms with Crippen molar-refractivity contribution >= 4 is 0 Å². The summed E-state index contributed by atoms with van der Waals surface area (Å²) in [6, 6.07) is 1.21. The number of piperidine rings is 1. The third-order valence-electron chi connectivity index (χ3n) is 4.27. The summed E-state index contributed by atoms with van der Waals surface area (Å²) >= 11 is 0. The Morgan fingerprint density at radius 2 is 1.80 bits per heavy atom. The van der Waals surface area contributed by atoms with Crippen LogP contribution in [0.15, 0.2) is 0 Å². The van der Waals surface area contributed by atoms with Crippen molar-refractivity contribution in [3.63, 3.8) is 0 Å². The summed E-state index contributed by atoms with van der Waals surface area (Å²) < 4.78 is 0. The van der Waals surface area contributed by atoms with Gasteiger partial charge < -0.3 is 5.73 Å². The number of nitrogens with zero attached hydrogens (tertiary/aromatic N) is 1. The molecule has 2 heteroatoms. The molecule has 0 amide bonds. The van der Waals surface area contributed by atoms with Crippen LogP contribution in [0.2, 0.25) is 0 Å². The monoisotopic (exact) mass is 210 g/mol. The van der Waals surface area contributed by atoms with Crippen molar-refractivity contribution in [1.82, 2.24) is 4.90 Å². The van der Waals surface area contributed by atoms with Gasteiger partial charge in [-0.25, -0.2) is 0 Å². The highest BCUT2D eigenvalue weighted by Gasteiger charge is 2.25. The lowest BCUT2D eigenvalue weighted by Gasteiger charge is -2.39. The van der Waals surface area contributed by atoms with Gasteiger partial charge in [0.2, 0.25) is 0 Å². The summed E-state index contributed by atoms with van der Waals surface area (Å²) in [5.41, 5.74) is 6.05. The SMILES string of the molecule is CC1CCC(N)CN1CC1CCCCC1. The van der Waals surface area contributed by atoms with Crippen LogP contribution in [-0.4, -0.2) is 30.1 Å². The zero-order chi connectivity index (χ0) is 10.7. The van der Waals surface area contributed by atoms with E-state index in [1.165, 1.54) is 51.5 Å². The molecule has 0 bridgehead atoms. The first kappa shape index (κ1) is 11.4. The first-order valence-electron chi connectivity index (χ1n) is 6.75. The van der Waals surface area contributed by atoms with Gasteiger partial charge >= 0.3 is 0 Å². The van der Waals surface area contributed by atoms with Crippen LogP contribution in [0.3, 0.4) is 0 Å². The van der Waals surface area contributed by atoms with Crippen LogP contribution in [0.1, 0.15) is 51.9 Å². The molecule has 1 aliphatic carbocycles. The number of rotatable bonds is 2. The molecule has 2 atom stereocenters. The topological polar surface area (TPSA) is 29.3 Å². The molecule has 88 valence electrons. The van der Waals surface area contributed by atoms with Crippen LogP contribution >= 0.6 is 0 Å². The molecule has 0 aromatic carbocycles. The molecular formula is C13H26N2. The highest BCUT2D eigenvalue weighted by molar-refractivity contribution is 4.82. The van der Waals surface area contributed by atoms with Gasteiger partial charge in [0.25, 0.3) is 0 Å². The van der Waals surface area contributed by atoms with Crippen LogP contribution in [0.4, 0.5) is 0 Å². The zero-order valence-electron chi connectivity index (χ0n) is 10.1. The van der Waals surface area contributed by atoms with Crippen molar-refractivity contribution in [2.75, 3.05) is 13.1 Å². The van der Waals surface area contributed by atoms with Crippen molar-refractivity contribution in [2.45, 2.75) is 64.0 Å². The summed E-state index contributed by atoms with van der Waals surface area (Å²) in [5.74, 6) is 0.964. The van der Waals surface area contributed by atoms with Crippen LogP contribution in [0.25, 0.3) is 0 Å². The molecular weight excluding hydrogens is 184 g/mol. The summed E-state index contributed by atoms with van der Waals surface area (Å²) in [5, 5.41) is 0. The van der Waals surface area contributed by atoms with E-state index >= 15 is 0 Å². The summed E-state index contributed by atoms with van der Waals surface area (Å²) in [4.78, 5) is 2.64. The first-order valence-corrected chi connectivity index (χ1v) is 6.75. The van der Waals surface area contributed by atoms with E-state index in [4.69, 9.17) is 5.73 Å². The lowest BCUT2D eigenvalue weighted by atomic mass is 9.87. The lowest BCUT2D eigenvalue weighted by Crippen LogP contribution is -2.49. The van der Waals surface area contributed by atoms with Crippen LogP contribution < -0.4 is 5.73 Å². The van der Waals surface area contributed by atoms with Gasteiger partial charge in [-0.2, -0.15) is 0 Å². The Bertz CT molecular complexity index is 187. The maximum absolute atomic E-state index is 6.05. The fourth-order valence-corrected chi connectivity index (χ4v) is 3.17. The minimum atomic E-state index is 0.435. The van der Waals surface area contributed by atoms with Gasteiger partial charge in [0.1, 0.15) is 0 Å². The minimum Gasteiger partial charge on any atom is -0.327 e. The Labute approximate surface area is 94.2 Å². The van der Waals surface area contributed by atoms with E-state index in [1.54, 1.807) is 0 Å². The Kier molecular flexibility index (Phi) is 4.04. The number of hydrogen-bond acceptors (Lipinski definition) is 2. The van der Waals surface area contributed by atoms with E-state index in [0.29, 0.717) is 6.04 Å². The van der Waals surface area contributed by atoms with Crippen molar-refractivity contribution in [1.29, 1.82) is 0 Å². The quantitative estimate of drug-likeness (QED) is 0.758. The van der Waals surface area contributed by atoms with E-state index in [0.717, 1.165) is 18.5 Å². The molecule has 2 fully saturated rings. The van der Waals surface area contributed by atoms with Crippen LogP contribution in [0, 0.1) is 5.92 Å². The molecule has 1 saturated heterocycles. The maximum atomic E-state index is 6.05.